The van der Waals surface area contributed by atoms with Gasteiger partial charge in [0.05, 0.1) is 16.4 Å². The molecule has 0 unspecified atom stereocenters. The Morgan fingerprint density at radius 1 is 1.26 bits per heavy atom. The van der Waals surface area contributed by atoms with E-state index in [4.69, 9.17) is 19.6 Å². The summed E-state index contributed by atoms with van der Waals surface area (Å²) >= 11 is 0. The normalized spacial score (nSPS) is 12.0. The number of aliphatic carboxylic acids is 1. The number of carboxylic acid groups (broad SMARTS) is 1. The van der Waals surface area contributed by atoms with Gasteiger partial charge in [0.25, 0.3) is 0 Å². The third-order valence-electron chi connectivity index (χ3n) is 3.76. The van der Waals surface area contributed by atoms with Crippen LogP contribution in [0, 0.1) is 11.3 Å². The number of nitrogens with one attached hydrogen (secondary N) is 1. The van der Waals surface area contributed by atoms with Gasteiger partial charge in [-0.1, -0.05) is 17.2 Å². The van der Waals surface area contributed by atoms with Crippen LogP contribution in [-0.2, 0) is 20.0 Å². The molecule has 1 aromatic heterocycles. The number of nitriles is 1. The number of anilines is 1. The summed E-state index contributed by atoms with van der Waals surface area (Å²) < 4.78 is 61.4. The maximum absolute atomic E-state index is 12.0. The molecular formula is C18H19F3N4O5S. The molecule has 2 rings (SSSR count). The first-order valence-electron chi connectivity index (χ1n) is 8.55. The zero-order chi connectivity index (χ0) is 23.9. The van der Waals surface area contributed by atoms with E-state index in [1.165, 1.54) is 12.1 Å². The molecule has 31 heavy (non-hydrogen) atoms. The Balaban J connectivity index is 0.000000592. The van der Waals surface area contributed by atoms with Crippen LogP contribution in [-0.4, -0.2) is 42.4 Å². The summed E-state index contributed by atoms with van der Waals surface area (Å²) in [5.74, 6) is -2.33. The number of carboxylic acids is 1. The molecule has 9 nitrogen and oxygen atoms in total. The van der Waals surface area contributed by atoms with Gasteiger partial charge in [0.2, 0.25) is 15.7 Å². The van der Waals surface area contributed by atoms with E-state index in [-0.39, 0.29) is 4.90 Å². The molecule has 0 aliphatic carbocycles. The first kappa shape index (κ1) is 25.6. The fourth-order valence-corrected chi connectivity index (χ4v) is 2.99. The fraction of sp³-hybridized carbons (Fsp3) is 0.333. The third kappa shape index (κ3) is 7.10. The van der Waals surface area contributed by atoms with Crippen LogP contribution in [0.5, 0.6) is 0 Å². The Morgan fingerprint density at radius 2 is 1.81 bits per heavy atom. The highest BCUT2D eigenvalue weighted by Crippen LogP contribution is 2.32. The molecule has 0 bridgehead atoms. The van der Waals surface area contributed by atoms with E-state index in [0.717, 1.165) is 17.0 Å². The van der Waals surface area contributed by atoms with E-state index in [9.17, 15) is 21.6 Å². The number of nitrogens with zero attached hydrogens (tertiary/aromatic N) is 3. The van der Waals surface area contributed by atoms with E-state index in [1.807, 2.05) is 20.8 Å². The average Bonchev–Trinajstić information content (AvgIpc) is 3.16. The molecule has 0 fully saturated rings. The number of sulfone groups is 1. The third-order valence-corrected chi connectivity index (χ3v) is 5.18. The van der Waals surface area contributed by atoms with Crippen LogP contribution in [0.3, 0.4) is 0 Å². The van der Waals surface area contributed by atoms with Crippen molar-refractivity contribution in [1.82, 2.24) is 10.2 Å². The molecule has 1 aromatic carbocycles. The van der Waals surface area contributed by atoms with Crippen LogP contribution < -0.4 is 5.32 Å². The number of benzene rings is 1. The lowest BCUT2D eigenvalue weighted by molar-refractivity contribution is -0.192. The quantitative estimate of drug-likeness (QED) is 0.620. The van der Waals surface area contributed by atoms with Crippen molar-refractivity contribution in [2.24, 2.45) is 0 Å². The van der Waals surface area contributed by atoms with E-state index in [2.05, 4.69) is 15.5 Å². The first-order valence-corrected chi connectivity index (χ1v) is 10.1. The van der Waals surface area contributed by atoms with Crippen molar-refractivity contribution in [2.45, 2.75) is 37.3 Å². The molecule has 0 saturated carbocycles. The largest absolute Gasteiger partial charge is 0.490 e. The average molecular weight is 460 g/mol. The number of hydrogen-bond acceptors (Lipinski definition) is 8. The number of carbonyl (C=O) groups is 1. The molecule has 168 valence electrons. The van der Waals surface area contributed by atoms with Crippen molar-refractivity contribution in [3.05, 3.63) is 47.2 Å². The van der Waals surface area contributed by atoms with Gasteiger partial charge in [-0.3, -0.25) is 0 Å². The lowest BCUT2D eigenvalue weighted by atomic mass is 9.85. The van der Waals surface area contributed by atoms with Gasteiger partial charge in [-0.2, -0.15) is 18.4 Å². The fourth-order valence-electron chi connectivity index (χ4n) is 2.08. The molecule has 0 aliphatic heterocycles. The van der Waals surface area contributed by atoms with Crippen LogP contribution in [0.15, 0.2) is 45.1 Å². The highest BCUT2D eigenvalue weighted by Gasteiger charge is 2.38. The summed E-state index contributed by atoms with van der Waals surface area (Å²) in [7, 11) is -3.62. The molecule has 0 aliphatic rings. The van der Waals surface area contributed by atoms with Crippen molar-refractivity contribution >= 4 is 21.8 Å². The van der Waals surface area contributed by atoms with Crippen molar-refractivity contribution in [2.75, 3.05) is 11.9 Å². The zero-order valence-corrected chi connectivity index (χ0v) is 17.5. The predicted molar refractivity (Wildman–Crippen MR) is 103 cm³/mol. The Labute approximate surface area is 176 Å². The minimum absolute atomic E-state index is 0.118. The van der Waals surface area contributed by atoms with Gasteiger partial charge in [0.1, 0.15) is 0 Å². The number of alkyl halides is 3. The van der Waals surface area contributed by atoms with Gasteiger partial charge in [-0.25, -0.2) is 13.2 Å². The van der Waals surface area contributed by atoms with Gasteiger partial charge in [-0.15, -0.1) is 5.10 Å². The van der Waals surface area contributed by atoms with Crippen LogP contribution in [0.1, 0.15) is 32.2 Å². The molecule has 0 amide bonds. The topological polar surface area (TPSA) is 146 Å². The summed E-state index contributed by atoms with van der Waals surface area (Å²) in [5, 5.41) is 27.4. The van der Waals surface area contributed by atoms with Gasteiger partial charge >= 0.3 is 18.2 Å². The minimum atomic E-state index is -5.08. The molecule has 0 atom stereocenters. The van der Waals surface area contributed by atoms with Gasteiger partial charge in [0, 0.05) is 18.0 Å². The summed E-state index contributed by atoms with van der Waals surface area (Å²) in [6.07, 6.45) is -4.14. The number of hydrogen-bond donors (Lipinski definition) is 2. The van der Waals surface area contributed by atoms with Crippen molar-refractivity contribution < 1.29 is 35.9 Å². The molecular weight excluding hydrogens is 441 g/mol. The molecule has 0 saturated heterocycles. The van der Waals surface area contributed by atoms with E-state index < -0.39 is 27.4 Å². The molecule has 2 aromatic rings. The Kier molecular flexibility index (Phi) is 8.33. The molecule has 0 radical (unpaired) electrons. The van der Waals surface area contributed by atoms with Crippen molar-refractivity contribution in [1.29, 1.82) is 5.26 Å². The summed E-state index contributed by atoms with van der Waals surface area (Å²) in [6.45, 7) is 6.42. The Hall–Kier alpha value is -3.40. The summed E-state index contributed by atoms with van der Waals surface area (Å²) in [4.78, 5) is 9.01. The highest BCUT2D eigenvalue weighted by atomic mass is 32.2. The lowest BCUT2D eigenvalue weighted by Gasteiger charge is -2.20. The van der Waals surface area contributed by atoms with Crippen LogP contribution in [0.25, 0.3) is 0 Å². The number of aromatic nitrogens is 2. The number of allylic oxidation sites excluding steroid dienone is 1. The van der Waals surface area contributed by atoms with E-state index in [0.29, 0.717) is 18.5 Å². The second-order valence-corrected chi connectivity index (χ2v) is 8.21. The van der Waals surface area contributed by atoms with Gasteiger partial charge in [0.15, 0.2) is 0 Å². The maximum atomic E-state index is 12.0. The molecule has 0 spiro atoms. The van der Waals surface area contributed by atoms with Crippen LogP contribution in [0.2, 0.25) is 0 Å². The zero-order valence-electron chi connectivity index (χ0n) is 16.6. The van der Waals surface area contributed by atoms with E-state index in [1.54, 1.807) is 18.2 Å². The van der Waals surface area contributed by atoms with Crippen molar-refractivity contribution in [3.63, 3.8) is 0 Å². The molecule has 2 N–H and O–H groups in total. The van der Waals surface area contributed by atoms with Gasteiger partial charge in [-0.05, 0) is 38.5 Å². The second kappa shape index (κ2) is 10.1. The van der Waals surface area contributed by atoms with Crippen LogP contribution in [0.4, 0.5) is 19.2 Å². The van der Waals surface area contributed by atoms with Crippen molar-refractivity contribution in [3.8, 4) is 6.07 Å². The predicted octanol–water partition coefficient (Wildman–Crippen LogP) is 3.27. The first-order chi connectivity index (χ1) is 14.3. The lowest BCUT2D eigenvalue weighted by Crippen LogP contribution is -2.21. The molecule has 13 heteroatoms. The SMILES string of the molecule is CCNc1nnc(C(C)(C)c2ccc(S(=O)(=O)/C=C/C#N)cc2)o1.O=C(O)C(F)(F)F. The minimum Gasteiger partial charge on any atom is -0.475 e. The van der Waals surface area contributed by atoms with Crippen LogP contribution >= 0.6 is 0 Å². The van der Waals surface area contributed by atoms with E-state index >= 15 is 0 Å². The Morgan fingerprint density at radius 3 is 2.26 bits per heavy atom. The van der Waals surface area contributed by atoms with Gasteiger partial charge < -0.3 is 14.8 Å². The molecule has 1 heterocycles. The smallest absolute Gasteiger partial charge is 0.475 e. The summed E-state index contributed by atoms with van der Waals surface area (Å²) in [6, 6.07) is 8.41. The summed E-state index contributed by atoms with van der Waals surface area (Å²) in [5.41, 5.74) is 0.253. The number of halogens is 3. The number of rotatable bonds is 6. The second-order valence-electron chi connectivity index (χ2n) is 6.37. The maximum Gasteiger partial charge on any atom is 0.490 e. The monoisotopic (exact) mass is 460 g/mol. The standard InChI is InChI=1S/C16H18N4O3S.C2HF3O2/c1-4-18-15-20-19-14(23-15)16(2,3)12-6-8-13(9-7-12)24(21,22)11-5-10-17;3-2(4,5)1(6)7/h5-9,11H,4H2,1-3H3,(H,18,20);(H,6,7)/b11-5+;. The highest BCUT2D eigenvalue weighted by molar-refractivity contribution is 7.94. The Bertz CT molecular complexity index is 1070.